The second-order valence-corrected chi connectivity index (χ2v) is 7.95. The maximum absolute atomic E-state index is 12.8. The molecule has 2 saturated heterocycles. The fourth-order valence-corrected chi connectivity index (χ4v) is 4.38. The molecule has 142 valence electrons. The number of hydrogen-bond donors (Lipinski definition) is 1. The van der Waals surface area contributed by atoms with Crippen LogP contribution in [-0.2, 0) is 4.79 Å². The van der Waals surface area contributed by atoms with Crippen LogP contribution in [0.25, 0.3) is 0 Å². The van der Waals surface area contributed by atoms with Gasteiger partial charge in [-0.3, -0.25) is 9.59 Å². The first-order chi connectivity index (χ1) is 12.5. The predicted octanol–water partition coefficient (Wildman–Crippen LogP) is 1.38. The standard InChI is InChI=1S/C21H31N3O2/c1-16-5-4-6-17(2)24(16)21(26)15-22-11-13-23(14-12-22)20-9-7-19(8-10-20)18(3)25/h7-10,16-17H,4-6,11-15H2,1-3H3/p+1/t16-,17-/m1/s1. The second kappa shape index (κ2) is 8.21. The van der Waals surface area contributed by atoms with Gasteiger partial charge < -0.3 is 14.7 Å². The van der Waals surface area contributed by atoms with E-state index in [2.05, 4.69) is 23.6 Å². The Morgan fingerprint density at radius 2 is 1.62 bits per heavy atom. The molecule has 0 aliphatic carbocycles. The van der Waals surface area contributed by atoms with E-state index in [-0.39, 0.29) is 5.78 Å². The molecule has 2 aliphatic rings. The minimum absolute atomic E-state index is 0.102. The van der Waals surface area contributed by atoms with Crippen LogP contribution in [0, 0.1) is 0 Å². The number of rotatable bonds is 4. The highest BCUT2D eigenvalue weighted by Gasteiger charge is 2.32. The molecule has 0 aromatic heterocycles. The van der Waals surface area contributed by atoms with Crippen molar-refractivity contribution in [2.75, 3.05) is 37.6 Å². The zero-order valence-electron chi connectivity index (χ0n) is 16.3. The first kappa shape index (κ1) is 18.9. The number of anilines is 1. The third-order valence-electron chi connectivity index (χ3n) is 5.99. The summed E-state index contributed by atoms with van der Waals surface area (Å²) in [5.41, 5.74) is 1.92. The lowest BCUT2D eigenvalue weighted by molar-refractivity contribution is -0.892. The molecule has 1 N–H and O–H groups in total. The molecular formula is C21H32N3O2+. The zero-order valence-corrected chi connectivity index (χ0v) is 16.3. The van der Waals surface area contributed by atoms with Gasteiger partial charge in [0.1, 0.15) is 0 Å². The summed E-state index contributed by atoms with van der Waals surface area (Å²) in [7, 11) is 0. The maximum Gasteiger partial charge on any atom is 0.278 e. The van der Waals surface area contributed by atoms with Crippen LogP contribution in [0.15, 0.2) is 24.3 Å². The molecule has 3 rings (SSSR count). The van der Waals surface area contributed by atoms with Gasteiger partial charge in [0, 0.05) is 23.3 Å². The third kappa shape index (κ3) is 4.26. The Morgan fingerprint density at radius 3 is 2.15 bits per heavy atom. The van der Waals surface area contributed by atoms with Crippen molar-refractivity contribution in [1.82, 2.24) is 4.90 Å². The van der Waals surface area contributed by atoms with Crippen molar-refractivity contribution >= 4 is 17.4 Å². The van der Waals surface area contributed by atoms with E-state index >= 15 is 0 Å². The van der Waals surface area contributed by atoms with Crippen LogP contribution in [0.4, 0.5) is 5.69 Å². The Balaban J connectivity index is 1.52. The molecular weight excluding hydrogens is 326 g/mol. The fraction of sp³-hybridized carbons (Fsp3) is 0.619. The van der Waals surface area contributed by atoms with E-state index in [1.807, 2.05) is 24.3 Å². The van der Waals surface area contributed by atoms with Crippen molar-refractivity contribution in [3.8, 4) is 0 Å². The van der Waals surface area contributed by atoms with Crippen molar-refractivity contribution in [3.05, 3.63) is 29.8 Å². The number of nitrogens with one attached hydrogen (secondary N) is 1. The van der Waals surface area contributed by atoms with Gasteiger partial charge in [-0.15, -0.1) is 0 Å². The highest BCUT2D eigenvalue weighted by molar-refractivity contribution is 5.94. The molecule has 0 bridgehead atoms. The lowest BCUT2D eigenvalue weighted by Gasteiger charge is -2.40. The Bertz CT molecular complexity index is 625. The van der Waals surface area contributed by atoms with Crippen LogP contribution in [-0.4, -0.2) is 61.4 Å². The number of quaternary nitrogens is 1. The normalized spacial score (nSPS) is 24.6. The number of piperazine rings is 1. The average Bonchev–Trinajstić information content (AvgIpc) is 2.62. The molecule has 1 aromatic carbocycles. The molecule has 2 atom stereocenters. The molecule has 0 saturated carbocycles. The molecule has 2 fully saturated rings. The van der Waals surface area contributed by atoms with Crippen LogP contribution < -0.4 is 9.80 Å². The highest BCUT2D eigenvalue weighted by atomic mass is 16.2. The third-order valence-corrected chi connectivity index (χ3v) is 5.99. The molecule has 26 heavy (non-hydrogen) atoms. The topological polar surface area (TPSA) is 45.1 Å². The fourth-order valence-electron chi connectivity index (χ4n) is 4.38. The van der Waals surface area contributed by atoms with E-state index in [1.165, 1.54) is 17.0 Å². The Labute approximate surface area is 156 Å². The minimum atomic E-state index is 0.102. The van der Waals surface area contributed by atoms with Gasteiger partial charge >= 0.3 is 0 Å². The number of piperidine rings is 1. The van der Waals surface area contributed by atoms with Crippen LogP contribution in [0.2, 0.25) is 0 Å². The van der Waals surface area contributed by atoms with Gasteiger partial charge in [-0.25, -0.2) is 0 Å². The van der Waals surface area contributed by atoms with Crippen LogP contribution in [0.5, 0.6) is 0 Å². The van der Waals surface area contributed by atoms with Crippen molar-refractivity contribution in [2.45, 2.75) is 52.1 Å². The molecule has 5 nitrogen and oxygen atoms in total. The largest absolute Gasteiger partial charge is 0.360 e. The Kier molecular flexibility index (Phi) is 5.97. The summed E-state index contributed by atoms with van der Waals surface area (Å²) < 4.78 is 0. The first-order valence-electron chi connectivity index (χ1n) is 9.96. The predicted molar refractivity (Wildman–Crippen MR) is 104 cm³/mol. The number of benzene rings is 1. The van der Waals surface area contributed by atoms with Crippen LogP contribution in [0.1, 0.15) is 50.4 Å². The second-order valence-electron chi connectivity index (χ2n) is 7.95. The van der Waals surface area contributed by atoms with E-state index in [4.69, 9.17) is 0 Å². The molecule has 2 heterocycles. The Morgan fingerprint density at radius 1 is 1.04 bits per heavy atom. The zero-order chi connectivity index (χ0) is 18.7. The quantitative estimate of drug-likeness (QED) is 0.827. The van der Waals surface area contributed by atoms with E-state index < -0.39 is 0 Å². The number of hydrogen-bond acceptors (Lipinski definition) is 3. The summed E-state index contributed by atoms with van der Waals surface area (Å²) in [6.45, 7) is 10.5. The summed E-state index contributed by atoms with van der Waals surface area (Å²) in [6, 6.07) is 8.63. The van der Waals surface area contributed by atoms with Crippen LogP contribution >= 0.6 is 0 Å². The maximum atomic E-state index is 12.8. The molecule has 0 spiro atoms. The molecule has 0 unspecified atom stereocenters. The van der Waals surface area contributed by atoms with Gasteiger partial charge in [0.2, 0.25) is 0 Å². The molecule has 2 aliphatic heterocycles. The Hall–Kier alpha value is -1.88. The number of carbonyl (C=O) groups excluding carboxylic acids is 2. The number of carbonyl (C=O) groups is 2. The monoisotopic (exact) mass is 358 g/mol. The van der Waals surface area contributed by atoms with Gasteiger partial charge in [-0.05, 0) is 64.3 Å². The molecule has 1 amide bonds. The lowest BCUT2D eigenvalue weighted by atomic mass is 9.97. The summed E-state index contributed by atoms with van der Waals surface area (Å²) in [6.07, 6.45) is 3.50. The summed E-state index contributed by atoms with van der Waals surface area (Å²) >= 11 is 0. The van der Waals surface area contributed by atoms with E-state index in [0.717, 1.165) is 44.6 Å². The lowest BCUT2D eigenvalue weighted by Crippen LogP contribution is -3.16. The number of ketones is 1. The first-order valence-corrected chi connectivity index (χ1v) is 9.96. The SMILES string of the molecule is CC(=O)c1ccc(N2CC[NH+](CC(=O)N3[C@H](C)CCC[C@H]3C)CC2)cc1. The van der Waals surface area contributed by atoms with Gasteiger partial charge in [0.05, 0.1) is 26.2 Å². The average molecular weight is 359 g/mol. The highest BCUT2D eigenvalue weighted by Crippen LogP contribution is 2.22. The number of nitrogens with zero attached hydrogens (tertiary/aromatic N) is 2. The number of Topliss-reactive ketones (excluding diaryl/α,β-unsaturated/α-hetero) is 1. The van der Waals surface area contributed by atoms with E-state index in [0.29, 0.717) is 24.5 Å². The summed E-state index contributed by atoms with van der Waals surface area (Å²) in [4.78, 5) is 30.1. The van der Waals surface area contributed by atoms with Crippen molar-refractivity contribution in [2.24, 2.45) is 0 Å². The van der Waals surface area contributed by atoms with Gasteiger partial charge in [-0.2, -0.15) is 0 Å². The summed E-state index contributed by atoms with van der Waals surface area (Å²) in [5.74, 6) is 0.421. The van der Waals surface area contributed by atoms with E-state index in [1.54, 1.807) is 6.92 Å². The van der Waals surface area contributed by atoms with Gasteiger partial charge in [0.25, 0.3) is 5.91 Å². The molecule has 0 radical (unpaired) electrons. The molecule has 5 heteroatoms. The molecule has 1 aromatic rings. The number of amides is 1. The number of likely N-dealkylation sites (tertiary alicyclic amines) is 1. The minimum Gasteiger partial charge on any atom is -0.360 e. The van der Waals surface area contributed by atoms with Gasteiger partial charge in [0.15, 0.2) is 12.3 Å². The summed E-state index contributed by atoms with van der Waals surface area (Å²) in [5, 5.41) is 0. The van der Waals surface area contributed by atoms with Crippen molar-refractivity contribution in [3.63, 3.8) is 0 Å². The van der Waals surface area contributed by atoms with Crippen molar-refractivity contribution < 1.29 is 14.5 Å². The van der Waals surface area contributed by atoms with Crippen molar-refractivity contribution in [1.29, 1.82) is 0 Å². The van der Waals surface area contributed by atoms with Crippen LogP contribution in [0.3, 0.4) is 0 Å². The van der Waals surface area contributed by atoms with Gasteiger partial charge in [-0.1, -0.05) is 0 Å². The smallest absolute Gasteiger partial charge is 0.278 e. The van der Waals surface area contributed by atoms with E-state index in [9.17, 15) is 9.59 Å².